The lowest BCUT2D eigenvalue weighted by molar-refractivity contribution is -0.156. The van der Waals surface area contributed by atoms with Crippen molar-refractivity contribution < 1.29 is 27.5 Å². The molecule has 10 heteroatoms. The summed E-state index contributed by atoms with van der Waals surface area (Å²) in [6.45, 7) is 3.55. The third-order valence-electron chi connectivity index (χ3n) is 6.16. The second-order valence-corrected chi connectivity index (χ2v) is 10.2. The predicted molar refractivity (Wildman–Crippen MR) is 130 cm³/mol. The molecular formula is C25H29N3O6S. The van der Waals surface area contributed by atoms with Gasteiger partial charge < -0.3 is 19.3 Å². The summed E-state index contributed by atoms with van der Waals surface area (Å²) in [6, 6.07) is 14.3. The Labute approximate surface area is 205 Å². The molecule has 1 amide bonds. The maximum atomic E-state index is 12.6. The monoisotopic (exact) mass is 499 g/mol. The number of likely N-dealkylation sites (tertiary alicyclic amines) is 1. The number of carbonyl (C=O) groups excluding carboxylic acids is 2. The van der Waals surface area contributed by atoms with Gasteiger partial charge in [0, 0.05) is 32.2 Å². The summed E-state index contributed by atoms with van der Waals surface area (Å²) >= 11 is 0. The molecule has 1 fully saturated rings. The lowest BCUT2D eigenvalue weighted by atomic mass is 9.96. The maximum Gasteiger partial charge on any atom is 0.309 e. The fourth-order valence-corrected chi connectivity index (χ4v) is 5.45. The van der Waals surface area contributed by atoms with Gasteiger partial charge in [0.05, 0.1) is 12.5 Å². The standard InChI is InChI=1S/C25H29N3O6S/c1-3-33-20-10-8-18(9-11-20)16-27(2)23(29)17-34-25(30)19-12-14-28(15-13-19)24-21-6-4-5-7-22(21)35(31,32)26-24/h4-11,19H,3,12-17H2,1-2H3. The van der Waals surface area contributed by atoms with E-state index in [2.05, 4.69) is 4.40 Å². The van der Waals surface area contributed by atoms with Gasteiger partial charge in [-0.05, 0) is 49.6 Å². The van der Waals surface area contributed by atoms with Gasteiger partial charge in [-0.25, -0.2) is 0 Å². The van der Waals surface area contributed by atoms with Crippen molar-refractivity contribution in [1.29, 1.82) is 0 Å². The summed E-state index contributed by atoms with van der Waals surface area (Å²) in [5.74, 6) is 0.166. The number of piperidine rings is 1. The highest BCUT2D eigenvalue weighted by atomic mass is 32.2. The molecule has 0 aliphatic carbocycles. The summed E-state index contributed by atoms with van der Waals surface area (Å²) in [7, 11) is -2.02. The SMILES string of the molecule is CCOc1ccc(CN(C)C(=O)COC(=O)C2CCN(C3=NS(=O)(=O)c4ccccc43)CC2)cc1. The number of rotatable bonds is 7. The molecule has 2 aliphatic rings. The Morgan fingerprint density at radius 2 is 1.77 bits per heavy atom. The topological polar surface area (TPSA) is 106 Å². The number of amidine groups is 1. The van der Waals surface area contributed by atoms with E-state index < -0.39 is 16.0 Å². The molecule has 2 aromatic carbocycles. The van der Waals surface area contributed by atoms with Crippen LogP contribution in [0.15, 0.2) is 57.8 Å². The Kier molecular flexibility index (Phi) is 7.39. The molecule has 2 aromatic rings. The minimum absolute atomic E-state index is 0.212. The number of ether oxygens (including phenoxy) is 2. The van der Waals surface area contributed by atoms with Gasteiger partial charge in [-0.2, -0.15) is 8.42 Å². The largest absolute Gasteiger partial charge is 0.494 e. The number of hydrogen-bond acceptors (Lipinski definition) is 7. The highest BCUT2D eigenvalue weighted by Crippen LogP contribution is 2.30. The van der Waals surface area contributed by atoms with Crippen molar-refractivity contribution in [3.05, 3.63) is 59.7 Å². The van der Waals surface area contributed by atoms with Crippen LogP contribution in [-0.4, -0.2) is 69.3 Å². The van der Waals surface area contributed by atoms with E-state index >= 15 is 0 Å². The van der Waals surface area contributed by atoms with Crippen LogP contribution in [0.25, 0.3) is 0 Å². The fraction of sp³-hybridized carbons (Fsp3) is 0.400. The first kappa shape index (κ1) is 24.7. The molecule has 35 heavy (non-hydrogen) atoms. The van der Waals surface area contributed by atoms with Crippen molar-refractivity contribution in [1.82, 2.24) is 9.80 Å². The van der Waals surface area contributed by atoms with Crippen molar-refractivity contribution in [3.8, 4) is 5.75 Å². The molecule has 0 aromatic heterocycles. The molecule has 2 aliphatic heterocycles. The van der Waals surface area contributed by atoms with E-state index in [1.165, 1.54) is 4.90 Å². The number of esters is 1. The number of hydrogen-bond donors (Lipinski definition) is 0. The van der Waals surface area contributed by atoms with E-state index in [4.69, 9.17) is 9.47 Å². The molecule has 186 valence electrons. The maximum absolute atomic E-state index is 12.6. The van der Waals surface area contributed by atoms with Gasteiger partial charge in [0.2, 0.25) is 0 Å². The van der Waals surface area contributed by atoms with Gasteiger partial charge in [0.25, 0.3) is 15.9 Å². The molecular weight excluding hydrogens is 470 g/mol. The van der Waals surface area contributed by atoms with Crippen LogP contribution in [0.2, 0.25) is 0 Å². The molecule has 0 bridgehead atoms. The minimum Gasteiger partial charge on any atom is -0.494 e. The summed E-state index contributed by atoms with van der Waals surface area (Å²) in [5, 5.41) is 0. The molecule has 0 unspecified atom stereocenters. The average molecular weight is 500 g/mol. The Bertz CT molecular complexity index is 1220. The number of nitrogens with zero attached hydrogens (tertiary/aromatic N) is 3. The lowest BCUT2D eigenvalue weighted by Crippen LogP contribution is -2.41. The summed E-state index contributed by atoms with van der Waals surface area (Å²) in [6.07, 6.45) is 0.993. The van der Waals surface area contributed by atoms with Crippen molar-refractivity contribution >= 4 is 27.7 Å². The third kappa shape index (κ3) is 5.64. The van der Waals surface area contributed by atoms with Gasteiger partial charge in [-0.3, -0.25) is 9.59 Å². The lowest BCUT2D eigenvalue weighted by Gasteiger charge is -2.32. The van der Waals surface area contributed by atoms with E-state index in [-0.39, 0.29) is 23.3 Å². The number of sulfonamides is 1. The van der Waals surface area contributed by atoms with Crippen molar-refractivity contribution in [2.45, 2.75) is 31.2 Å². The summed E-state index contributed by atoms with van der Waals surface area (Å²) in [5.41, 5.74) is 1.54. The third-order valence-corrected chi connectivity index (χ3v) is 7.48. The van der Waals surface area contributed by atoms with Crippen molar-refractivity contribution in [2.24, 2.45) is 10.3 Å². The number of likely N-dealkylation sites (N-methyl/N-ethyl adjacent to an activating group) is 1. The molecule has 9 nitrogen and oxygen atoms in total. The van der Waals surface area contributed by atoms with Gasteiger partial charge in [-0.15, -0.1) is 4.40 Å². The molecule has 0 atom stereocenters. The van der Waals surface area contributed by atoms with E-state index in [0.29, 0.717) is 50.5 Å². The second kappa shape index (κ2) is 10.5. The number of amides is 1. The molecule has 0 spiro atoms. The second-order valence-electron chi connectivity index (χ2n) is 8.58. The van der Waals surface area contributed by atoms with Crippen LogP contribution >= 0.6 is 0 Å². The minimum atomic E-state index is -3.68. The molecule has 4 rings (SSSR count). The Hall–Kier alpha value is -3.40. The average Bonchev–Trinajstić information content (AvgIpc) is 3.14. The van der Waals surface area contributed by atoms with E-state index in [1.54, 1.807) is 31.3 Å². The normalized spacial score (nSPS) is 16.9. The van der Waals surface area contributed by atoms with Crippen LogP contribution in [0.1, 0.15) is 30.9 Å². The first-order valence-corrected chi connectivity index (χ1v) is 13.0. The molecule has 1 saturated heterocycles. The van der Waals surface area contributed by atoms with Crippen molar-refractivity contribution in [2.75, 3.05) is 33.4 Å². The Balaban J connectivity index is 1.24. The van der Waals surface area contributed by atoms with E-state index in [1.807, 2.05) is 36.1 Å². The van der Waals surface area contributed by atoms with Crippen LogP contribution in [0.4, 0.5) is 0 Å². The number of fused-ring (bicyclic) bond motifs is 1. The van der Waals surface area contributed by atoms with Crippen molar-refractivity contribution in [3.63, 3.8) is 0 Å². The van der Waals surface area contributed by atoms with Crippen LogP contribution < -0.4 is 4.74 Å². The highest BCUT2D eigenvalue weighted by molar-refractivity contribution is 7.90. The zero-order valence-corrected chi connectivity index (χ0v) is 20.7. The number of carbonyl (C=O) groups is 2. The molecule has 0 saturated carbocycles. The quantitative estimate of drug-likeness (QED) is 0.539. The van der Waals surface area contributed by atoms with Crippen LogP contribution in [0.5, 0.6) is 5.75 Å². The van der Waals surface area contributed by atoms with E-state index in [9.17, 15) is 18.0 Å². The smallest absolute Gasteiger partial charge is 0.309 e. The molecule has 0 radical (unpaired) electrons. The fourth-order valence-electron chi connectivity index (χ4n) is 4.22. The summed E-state index contributed by atoms with van der Waals surface area (Å²) in [4.78, 5) is 28.6. The van der Waals surface area contributed by atoms with Crippen LogP contribution in [0, 0.1) is 5.92 Å². The van der Waals surface area contributed by atoms with Crippen LogP contribution in [0.3, 0.4) is 0 Å². The first-order valence-electron chi connectivity index (χ1n) is 11.6. The first-order chi connectivity index (χ1) is 16.8. The zero-order chi connectivity index (χ0) is 25.0. The molecule has 0 N–H and O–H groups in total. The molecule has 2 heterocycles. The predicted octanol–water partition coefficient (Wildman–Crippen LogP) is 2.45. The Morgan fingerprint density at radius 3 is 2.46 bits per heavy atom. The zero-order valence-electron chi connectivity index (χ0n) is 19.8. The summed E-state index contributed by atoms with van der Waals surface area (Å²) < 4.78 is 39.3. The Morgan fingerprint density at radius 1 is 1.09 bits per heavy atom. The number of benzene rings is 2. The van der Waals surface area contributed by atoms with Gasteiger partial charge in [-0.1, -0.05) is 24.3 Å². The van der Waals surface area contributed by atoms with Gasteiger partial charge in [0.1, 0.15) is 10.6 Å². The van der Waals surface area contributed by atoms with Gasteiger partial charge in [0.15, 0.2) is 12.4 Å². The highest BCUT2D eigenvalue weighted by Gasteiger charge is 2.35. The van der Waals surface area contributed by atoms with Gasteiger partial charge >= 0.3 is 5.97 Å². The van der Waals surface area contributed by atoms with Crippen LogP contribution in [-0.2, 0) is 30.9 Å². The van der Waals surface area contributed by atoms with E-state index in [0.717, 1.165) is 11.3 Å².